The van der Waals surface area contributed by atoms with Crippen molar-refractivity contribution >= 4 is 34.8 Å². The fourth-order valence-corrected chi connectivity index (χ4v) is 1.72. The maximum Gasteiger partial charge on any atom is 0.163 e. The van der Waals surface area contributed by atoms with E-state index in [1.165, 1.54) is 12.1 Å². The Morgan fingerprint density at radius 2 is 1.25 bits per heavy atom. The summed E-state index contributed by atoms with van der Waals surface area (Å²) in [6, 6.07) is 2.94. The van der Waals surface area contributed by atoms with Crippen molar-refractivity contribution in [3.8, 4) is 0 Å². The monoisotopic (exact) mass is 258 g/mol. The summed E-state index contributed by atoms with van der Waals surface area (Å²) in [5, 5.41) is 0.595. The van der Waals surface area contributed by atoms with E-state index >= 15 is 0 Å². The lowest BCUT2D eigenvalue weighted by molar-refractivity contribution is 0.0955. The van der Waals surface area contributed by atoms with Gasteiger partial charge in [0.25, 0.3) is 0 Å². The fraction of sp³-hybridized carbons (Fsp3) is 0.333. The molecular formula is C12H12Cl2O2. The van der Waals surface area contributed by atoms with Crippen molar-refractivity contribution < 1.29 is 9.59 Å². The molecule has 0 aromatic heterocycles. The van der Waals surface area contributed by atoms with E-state index in [1.807, 2.05) is 0 Å². The number of hydrogen-bond acceptors (Lipinski definition) is 2. The maximum atomic E-state index is 11.7. The molecular weight excluding hydrogens is 247 g/mol. The lowest BCUT2D eigenvalue weighted by atomic mass is 9.98. The number of Topliss-reactive ketones (excluding diaryl/α,β-unsaturated/α-hetero) is 2. The van der Waals surface area contributed by atoms with Crippen molar-refractivity contribution in [1.82, 2.24) is 0 Å². The van der Waals surface area contributed by atoms with Crippen molar-refractivity contribution in [2.75, 3.05) is 0 Å². The van der Waals surface area contributed by atoms with Crippen LogP contribution >= 0.6 is 23.2 Å². The van der Waals surface area contributed by atoms with Crippen LogP contribution in [0.5, 0.6) is 0 Å². The summed E-state index contributed by atoms with van der Waals surface area (Å²) in [6.07, 6.45) is 0.671. The van der Waals surface area contributed by atoms with E-state index in [0.29, 0.717) is 34.0 Å². The molecule has 1 aromatic carbocycles. The number of carbonyl (C=O) groups excluding carboxylic acids is 2. The second-order valence-electron chi connectivity index (χ2n) is 3.37. The Morgan fingerprint density at radius 3 is 1.50 bits per heavy atom. The smallest absolute Gasteiger partial charge is 0.163 e. The van der Waals surface area contributed by atoms with Gasteiger partial charge in [-0.2, -0.15) is 0 Å². The maximum absolute atomic E-state index is 11.7. The third kappa shape index (κ3) is 2.63. The first-order chi connectivity index (χ1) is 7.51. The molecule has 0 saturated heterocycles. The quantitative estimate of drug-likeness (QED) is 0.760. The van der Waals surface area contributed by atoms with Gasteiger partial charge in [0.05, 0.1) is 10.0 Å². The van der Waals surface area contributed by atoms with Crippen LogP contribution in [0.3, 0.4) is 0 Å². The largest absolute Gasteiger partial charge is 0.294 e. The Labute approximate surface area is 105 Å². The predicted molar refractivity (Wildman–Crippen MR) is 65.7 cm³/mol. The van der Waals surface area contributed by atoms with Crippen LogP contribution in [0.2, 0.25) is 10.0 Å². The van der Waals surface area contributed by atoms with Gasteiger partial charge in [0.2, 0.25) is 0 Å². The van der Waals surface area contributed by atoms with Gasteiger partial charge in [0, 0.05) is 24.0 Å². The third-order valence-corrected chi connectivity index (χ3v) is 3.03. The third-order valence-electron chi connectivity index (χ3n) is 2.30. The molecule has 0 aliphatic carbocycles. The van der Waals surface area contributed by atoms with Crippen molar-refractivity contribution in [1.29, 1.82) is 0 Å². The molecule has 0 aliphatic heterocycles. The minimum absolute atomic E-state index is 0.102. The lowest BCUT2D eigenvalue weighted by Crippen LogP contribution is -2.08. The van der Waals surface area contributed by atoms with Gasteiger partial charge in [-0.15, -0.1) is 0 Å². The molecule has 16 heavy (non-hydrogen) atoms. The summed E-state index contributed by atoms with van der Waals surface area (Å²) in [5.41, 5.74) is 0.729. The highest BCUT2D eigenvalue weighted by Crippen LogP contribution is 2.27. The van der Waals surface area contributed by atoms with Gasteiger partial charge in [0.1, 0.15) is 0 Å². The highest BCUT2D eigenvalue weighted by Gasteiger charge is 2.17. The molecule has 0 spiro atoms. The molecule has 0 radical (unpaired) electrons. The number of rotatable bonds is 4. The van der Waals surface area contributed by atoms with Crippen LogP contribution in [-0.2, 0) is 0 Å². The summed E-state index contributed by atoms with van der Waals surface area (Å²) in [7, 11) is 0. The lowest BCUT2D eigenvalue weighted by Gasteiger charge is -2.08. The highest BCUT2D eigenvalue weighted by molar-refractivity contribution is 6.42. The van der Waals surface area contributed by atoms with Gasteiger partial charge in [-0.1, -0.05) is 37.0 Å². The zero-order valence-corrected chi connectivity index (χ0v) is 10.7. The van der Waals surface area contributed by atoms with Gasteiger partial charge in [-0.25, -0.2) is 0 Å². The van der Waals surface area contributed by atoms with Crippen LogP contribution in [0.15, 0.2) is 12.1 Å². The average molecular weight is 259 g/mol. The van der Waals surface area contributed by atoms with E-state index < -0.39 is 0 Å². The van der Waals surface area contributed by atoms with Gasteiger partial charge >= 0.3 is 0 Å². The Balaban J connectivity index is 3.38. The zero-order valence-electron chi connectivity index (χ0n) is 9.14. The normalized spacial score (nSPS) is 10.2. The minimum atomic E-state index is -0.102. The predicted octanol–water partition coefficient (Wildman–Crippen LogP) is 4.18. The van der Waals surface area contributed by atoms with E-state index in [0.717, 1.165) is 0 Å². The van der Waals surface area contributed by atoms with Crippen LogP contribution in [0.25, 0.3) is 0 Å². The van der Waals surface area contributed by atoms with Crippen LogP contribution in [-0.4, -0.2) is 11.6 Å². The van der Waals surface area contributed by atoms with Crippen LogP contribution in [0.4, 0.5) is 0 Å². The molecule has 0 aliphatic rings. The Kier molecular flexibility index (Phi) is 4.51. The number of hydrogen-bond donors (Lipinski definition) is 0. The summed E-state index contributed by atoms with van der Waals surface area (Å²) >= 11 is 11.7. The second-order valence-corrected chi connectivity index (χ2v) is 4.18. The average Bonchev–Trinajstić information content (AvgIpc) is 2.30. The number of ketones is 2. The Morgan fingerprint density at radius 1 is 0.938 bits per heavy atom. The van der Waals surface area contributed by atoms with E-state index in [2.05, 4.69) is 0 Å². The van der Waals surface area contributed by atoms with Gasteiger partial charge in [-0.05, 0) is 12.1 Å². The first-order valence-electron chi connectivity index (χ1n) is 5.06. The first kappa shape index (κ1) is 13.2. The fourth-order valence-electron chi connectivity index (χ4n) is 1.39. The SMILES string of the molecule is CCC(=O)c1cc(Cl)c(Cl)cc1C(=O)CC. The molecule has 0 unspecified atom stereocenters. The minimum Gasteiger partial charge on any atom is -0.294 e. The summed E-state index contributed by atoms with van der Waals surface area (Å²) in [5.74, 6) is -0.203. The molecule has 86 valence electrons. The van der Waals surface area contributed by atoms with E-state index in [1.54, 1.807) is 13.8 Å². The molecule has 2 nitrogen and oxygen atoms in total. The molecule has 0 saturated carbocycles. The zero-order chi connectivity index (χ0) is 12.3. The summed E-state index contributed by atoms with van der Waals surface area (Å²) < 4.78 is 0. The first-order valence-corrected chi connectivity index (χ1v) is 5.82. The van der Waals surface area contributed by atoms with Crippen molar-refractivity contribution in [2.24, 2.45) is 0 Å². The molecule has 0 fully saturated rings. The molecule has 0 atom stereocenters. The summed E-state index contributed by atoms with van der Waals surface area (Å²) in [6.45, 7) is 3.48. The van der Waals surface area contributed by atoms with Crippen LogP contribution < -0.4 is 0 Å². The number of benzene rings is 1. The topological polar surface area (TPSA) is 34.1 Å². The number of carbonyl (C=O) groups is 2. The van der Waals surface area contributed by atoms with E-state index in [9.17, 15) is 9.59 Å². The molecule has 4 heteroatoms. The highest BCUT2D eigenvalue weighted by atomic mass is 35.5. The Bertz CT molecular complexity index is 398. The molecule has 1 aromatic rings. The van der Waals surface area contributed by atoms with Gasteiger partial charge in [-0.3, -0.25) is 9.59 Å². The summed E-state index contributed by atoms with van der Waals surface area (Å²) in [4.78, 5) is 23.3. The van der Waals surface area contributed by atoms with E-state index in [-0.39, 0.29) is 11.6 Å². The van der Waals surface area contributed by atoms with Crippen molar-refractivity contribution in [3.63, 3.8) is 0 Å². The van der Waals surface area contributed by atoms with Gasteiger partial charge < -0.3 is 0 Å². The van der Waals surface area contributed by atoms with Crippen molar-refractivity contribution in [3.05, 3.63) is 33.3 Å². The van der Waals surface area contributed by atoms with Gasteiger partial charge in [0.15, 0.2) is 11.6 Å². The van der Waals surface area contributed by atoms with Crippen LogP contribution in [0, 0.1) is 0 Å². The molecule has 0 bridgehead atoms. The molecule has 0 N–H and O–H groups in total. The number of halogens is 2. The second kappa shape index (κ2) is 5.46. The van der Waals surface area contributed by atoms with Crippen LogP contribution in [0.1, 0.15) is 47.4 Å². The molecule has 1 rings (SSSR count). The molecule has 0 amide bonds. The standard InChI is InChI=1S/C12H12Cl2O2/c1-3-11(15)7-5-9(13)10(14)6-8(7)12(16)4-2/h5-6H,3-4H2,1-2H3. The molecule has 0 heterocycles. The van der Waals surface area contributed by atoms with Crippen molar-refractivity contribution in [2.45, 2.75) is 26.7 Å². The van der Waals surface area contributed by atoms with E-state index in [4.69, 9.17) is 23.2 Å². The Hall–Kier alpha value is -0.860.